The van der Waals surface area contributed by atoms with Gasteiger partial charge in [-0.2, -0.15) is 0 Å². The number of rotatable bonds is 1. The summed E-state index contributed by atoms with van der Waals surface area (Å²) in [5, 5.41) is 3.48. The van der Waals surface area contributed by atoms with Crippen LogP contribution in [0.15, 0.2) is 12.1 Å². The van der Waals surface area contributed by atoms with E-state index in [1.54, 1.807) is 6.07 Å². The van der Waals surface area contributed by atoms with Crippen molar-refractivity contribution >= 4 is 16.8 Å². The van der Waals surface area contributed by atoms with E-state index in [0.29, 0.717) is 23.0 Å². The molecular weight excluding hydrogens is 223 g/mol. The molecule has 0 saturated heterocycles. The fourth-order valence-electron chi connectivity index (χ4n) is 2.24. The number of aromatic nitrogens is 1. The van der Waals surface area contributed by atoms with Crippen molar-refractivity contribution in [3.05, 3.63) is 29.2 Å². The molecule has 3 rings (SSSR count). The Morgan fingerprint density at radius 3 is 3.00 bits per heavy atom. The molecule has 0 spiro atoms. The number of hydrogen-bond donors (Lipinski definition) is 2. The number of nitrogens with one attached hydrogen (secondary N) is 2. The summed E-state index contributed by atoms with van der Waals surface area (Å²) in [6.45, 7) is 0.609. The predicted octanol–water partition coefficient (Wildman–Crippen LogP) is 1.60. The van der Waals surface area contributed by atoms with Gasteiger partial charge in [-0.3, -0.25) is 4.79 Å². The van der Waals surface area contributed by atoms with Crippen LogP contribution in [0, 0.1) is 5.82 Å². The van der Waals surface area contributed by atoms with Crippen LogP contribution < -0.4 is 10.1 Å². The van der Waals surface area contributed by atoms with E-state index in [4.69, 9.17) is 4.74 Å². The molecule has 1 amide bonds. The second kappa shape index (κ2) is 3.48. The minimum Gasteiger partial charge on any atom is -0.494 e. The van der Waals surface area contributed by atoms with E-state index < -0.39 is 5.82 Å². The fraction of sp³-hybridized carbons (Fsp3) is 0.250. The van der Waals surface area contributed by atoms with Crippen LogP contribution in [0.25, 0.3) is 10.9 Å². The molecule has 1 aliphatic rings. The lowest BCUT2D eigenvalue weighted by molar-refractivity contribution is 0.0947. The van der Waals surface area contributed by atoms with Gasteiger partial charge < -0.3 is 15.0 Å². The number of hydrogen-bond acceptors (Lipinski definition) is 2. The number of H-pyrrole nitrogens is 1. The van der Waals surface area contributed by atoms with Gasteiger partial charge in [-0.15, -0.1) is 0 Å². The smallest absolute Gasteiger partial charge is 0.253 e. The Kier molecular flexibility index (Phi) is 2.07. The summed E-state index contributed by atoms with van der Waals surface area (Å²) in [6.07, 6.45) is 0.736. The molecule has 1 aromatic carbocycles. The summed E-state index contributed by atoms with van der Waals surface area (Å²) in [4.78, 5) is 14.9. The monoisotopic (exact) mass is 234 g/mol. The predicted molar refractivity (Wildman–Crippen MR) is 60.8 cm³/mol. The quantitative estimate of drug-likeness (QED) is 0.787. The van der Waals surface area contributed by atoms with E-state index in [0.717, 1.165) is 12.1 Å². The first-order valence-electron chi connectivity index (χ1n) is 5.37. The molecule has 4 nitrogen and oxygen atoms in total. The Hall–Kier alpha value is -2.04. The highest BCUT2D eigenvalue weighted by Gasteiger charge is 2.23. The van der Waals surface area contributed by atoms with Crippen LogP contribution in [0.1, 0.15) is 16.1 Å². The molecule has 0 saturated carbocycles. The second-order valence-electron chi connectivity index (χ2n) is 4.02. The van der Waals surface area contributed by atoms with Gasteiger partial charge in [0.1, 0.15) is 0 Å². The van der Waals surface area contributed by atoms with Crippen LogP contribution in [-0.2, 0) is 6.42 Å². The molecule has 0 aliphatic carbocycles. The first-order chi connectivity index (χ1) is 8.20. The molecule has 88 valence electrons. The third-order valence-electron chi connectivity index (χ3n) is 3.04. The SMILES string of the molecule is COc1cc2c3c([nH]c2cc1F)CCNC3=O. The number of halogens is 1. The van der Waals surface area contributed by atoms with Gasteiger partial charge in [0.05, 0.1) is 12.7 Å². The number of aromatic amines is 1. The van der Waals surface area contributed by atoms with Gasteiger partial charge in [-0.25, -0.2) is 4.39 Å². The first kappa shape index (κ1) is 10.1. The maximum Gasteiger partial charge on any atom is 0.253 e. The van der Waals surface area contributed by atoms with E-state index in [9.17, 15) is 9.18 Å². The van der Waals surface area contributed by atoms with Gasteiger partial charge in [-0.05, 0) is 6.07 Å². The lowest BCUT2D eigenvalue weighted by Crippen LogP contribution is -2.31. The standard InChI is InChI=1S/C12H11FN2O2/c1-17-10-4-6-9(5-7(10)13)15-8-2-3-14-12(16)11(6)8/h4-5,15H,2-3H2,1H3,(H,14,16). The lowest BCUT2D eigenvalue weighted by Gasteiger charge is -2.12. The molecule has 0 unspecified atom stereocenters. The number of benzene rings is 1. The van der Waals surface area contributed by atoms with Gasteiger partial charge in [0, 0.05) is 35.6 Å². The molecule has 1 aliphatic heterocycles. The largest absolute Gasteiger partial charge is 0.494 e. The minimum atomic E-state index is -0.431. The van der Waals surface area contributed by atoms with Crippen molar-refractivity contribution < 1.29 is 13.9 Å². The lowest BCUT2D eigenvalue weighted by atomic mass is 10.1. The van der Waals surface area contributed by atoms with E-state index in [2.05, 4.69) is 10.3 Å². The van der Waals surface area contributed by atoms with Crippen molar-refractivity contribution in [2.45, 2.75) is 6.42 Å². The van der Waals surface area contributed by atoms with Crippen molar-refractivity contribution in [3.63, 3.8) is 0 Å². The topological polar surface area (TPSA) is 54.1 Å². The summed E-state index contributed by atoms with van der Waals surface area (Å²) < 4.78 is 18.5. The van der Waals surface area contributed by atoms with Crippen LogP contribution in [0.4, 0.5) is 4.39 Å². The molecular formula is C12H11FN2O2. The zero-order valence-electron chi connectivity index (χ0n) is 9.26. The van der Waals surface area contributed by atoms with Crippen molar-refractivity contribution in [3.8, 4) is 5.75 Å². The van der Waals surface area contributed by atoms with Crippen molar-refractivity contribution in [2.24, 2.45) is 0 Å². The average Bonchev–Trinajstić information content (AvgIpc) is 2.66. The highest BCUT2D eigenvalue weighted by molar-refractivity contribution is 6.09. The molecule has 5 heteroatoms. The van der Waals surface area contributed by atoms with Gasteiger partial charge >= 0.3 is 0 Å². The summed E-state index contributed by atoms with van der Waals surface area (Å²) in [6, 6.07) is 2.92. The van der Waals surface area contributed by atoms with Crippen LogP contribution in [-0.4, -0.2) is 24.5 Å². The van der Waals surface area contributed by atoms with Crippen molar-refractivity contribution in [2.75, 3.05) is 13.7 Å². The second-order valence-corrected chi connectivity index (χ2v) is 4.02. The highest BCUT2D eigenvalue weighted by Crippen LogP contribution is 2.30. The first-order valence-corrected chi connectivity index (χ1v) is 5.37. The van der Waals surface area contributed by atoms with E-state index in [-0.39, 0.29) is 11.7 Å². The maximum atomic E-state index is 13.5. The van der Waals surface area contributed by atoms with Crippen LogP contribution in [0.3, 0.4) is 0 Å². The minimum absolute atomic E-state index is 0.119. The van der Waals surface area contributed by atoms with E-state index in [1.165, 1.54) is 13.2 Å². The molecule has 1 aromatic heterocycles. The summed E-state index contributed by atoms with van der Waals surface area (Å²) in [5.41, 5.74) is 2.09. The Balaban J connectivity index is 2.33. The molecule has 17 heavy (non-hydrogen) atoms. The third kappa shape index (κ3) is 1.39. The molecule has 0 fully saturated rings. The fourth-order valence-corrected chi connectivity index (χ4v) is 2.24. The molecule has 2 aromatic rings. The number of ether oxygens (including phenoxy) is 1. The number of fused-ring (bicyclic) bond motifs is 3. The number of carbonyl (C=O) groups is 1. The maximum absolute atomic E-state index is 13.5. The molecule has 0 radical (unpaired) electrons. The Bertz CT molecular complexity index is 618. The number of carbonyl (C=O) groups excluding carboxylic acids is 1. The summed E-state index contributed by atoms with van der Waals surface area (Å²) in [7, 11) is 1.41. The zero-order chi connectivity index (χ0) is 12.0. The van der Waals surface area contributed by atoms with Crippen LogP contribution in [0.2, 0.25) is 0 Å². The number of methoxy groups -OCH3 is 1. The van der Waals surface area contributed by atoms with Crippen LogP contribution >= 0.6 is 0 Å². The summed E-state index contributed by atoms with van der Waals surface area (Å²) in [5.74, 6) is -0.400. The normalized spacial score (nSPS) is 14.6. The van der Waals surface area contributed by atoms with Gasteiger partial charge in [-0.1, -0.05) is 0 Å². The Morgan fingerprint density at radius 2 is 2.24 bits per heavy atom. The van der Waals surface area contributed by atoms with Crippen molar-refractivity contribution in [1.29, 1.82) is 0 Å². The summed E-state index contributed by atoms with van der Waals surface area (Å²) >= 11 is 0. The van der Waals surface area contributed by atoms with Crippen molar-refractivity contribution in [1.82, 2.24) is 10.3 Å². The number of amides is 1. The molecule has 0 bridgehead atoms. The third-order valence-corrected chi connectivity index (χ3v) is 3.04. The highest BCUT2D eigenvalue weighted by atomic mass is 19.1. The average molecular weight is 234 g/mol. The van der Waals surface area contributed by atoms with E-state index >= 15 is 0 Å². The Labute approximate surface area is 96.8 Å². The Morgan fingerprint density at radius 1 is 1.41 bits per heavy atom. The molecule has 2 heterocycles. The van der Waals surface area contributed by atoms with Gasteiger partial charge in [0.2, 0.25) is 0 Å². The van der Waals surface area contributed by atoms with E-state index in [1.807, 2.05) is 0 Å². The van der Waals surface area contributed by atoms with Gasteiger partial charge in [0.25, 0.3) is 5.91 Å². The zero-order valence-corrected chi connectivity index (χ0v) is 9.26. The van der Waals surface area contributed by atoms with Gasteiger partial charge in [0.15, 0.2) is 11.6 Å². The molecule has 2 N–H and O–H groups in total. The van der Waals surface area contributed by atoms with Crippen LogP contribution in [0.5, 0.6) is 5.75 Å². The molecule has 0 atom stereocenters.